The fourth-order valence-electron chi connectivity index (χ4n) is 1.22. The molecule has 0 bridgehead atoms. The highest BCUT2D eigenvalue weighted by Gasteiger charge is 2.09. The quantitative estimate of drug-likeness (QED) is 0.607. The molecule has 0 rings (SSSR count). The van der Waals surface area contributed by atoms with E-state index in [0.717, 1.165) is 32.4 Å². The van der Waals surface area contributed by atoms with Crippen LogP contribution in [-0.4, -0.2) is 37.1 Å². The van der Waals surface area contributed by atoms with Gasteiger partial charge in [0.15, 0.2) is 0 Å². The minimum absolute atomic E-state index is 0.0192. The average molecular weight is 201 g/mol. The highest BCUT2D eigenvalue weighted by Crippen LogP contribution is 1.92. The van der Waals surface area contributed by atoms with Gasteiger partial charge in [-0.05, 0) is 12.8 Å². The Morgan fingerprint density at radius 3 is 2.50 bits per heavy atom. The summed E-state index contributed by atoms with van der Waals surface area (Å²) in [4.78, 5) is 13.3. The Balaban J connectivity index is 3.76. The zero-order chi connectivity index (χ0) is 10.8. The van der Waals surface area contributed by atoms with Gasteiger partial charge in [0.05, 0.1) is 0 Å². The highest BCUT2D eigenvalue weighted by molar-refractivity contribution is 5.74. The van der Waals surface area contributed by atoms with Crippen LogP contribution in [0.1, 0.15) is 33.1 Å². The van der Waals surface area contributed by atoms with E-state index in [2.05, 4.69) is 19.2 Å². The smallest absolute Gasteiger partial charge is 0.317 e. The van der Waals surface area contributed by atoms with E-state index in [1.54, 1.807) is 4.90 Å². The van der Waals surface area contributed by atoms with Gasteiger partial charge in [-0.15, -0.1) is 0 Å². The lowest BCUT2D eigenvalue weighted by atomic mass is 10.3. The number of rotatable bonds is 7. The molecule has 0 aromatic heterocycles. The number of hydrogen-bond acceptors (Lipinski definition) is 2. The van der Waals surface area contributed by atoms with Crippen LogP contribution in [0.4, 0.5) is 4.79 Å². The number of urea groups is 1. The molecule has 0 aromatic carbocycles. The van der Waals surface area contributed by atoms with E-state index in [-0.39, 0.29) is 6.03 Å². The summed E-state index contributed by atoms with van der Waals surface area (Å²) in [6.45, 7) is 6.89. The van der Waals surface area contributed by atoms with E-state index < -0.39 is 0 Å². The molecule has 0 heterocycles. The Morgan fingerprint density at radius 1 is 1.29 bits per heavy atom. The third-order valence-corrected chi connectivity index (χ3v) is 1.99. The normalized spacial score (nSPS) is 9.93. The summed E-state index contributed by atoms with van der Waals surface area (Å²) in [7, 11) is 0. The average Bonchev–Trinajstić information content (AvgIpc) is 2.18. The van der Waals surface area contributed by atoms with Crippen molar-refractivity contribution in [3.05, 3.63) is 0 Å². The van der Waals surface area contributed by atoms with Crippen LogP contribution in [0, 0.1) is 0 Å². The van der Waals surface area contributed by atoms with Gasteiger partial charge in [0.25, 0.3) is 0 Å². The third kappa shape index (κ3) is 5.80. The highest BCUT2D eigenvalue weighted by atomic mass is 16.2. The minimum atomic E-state index is 0.0192. The molecule has 4 heteroatoms. The number of unbranched alkanes of at least 4 members (excludes halogenated alkanes) is 1. The fraction of sp³-hybridized carbons (Fsp3) is 0.900. The van der Waals surface area contributed by atoms with Gasteiger partial charge in [0.1, 0.15) is 0 Å². The first kappa shape index (κ1) is 13.2. The van der Waals surface area contributed by atoms with Gasteiger partial charge in [0, 0.05) is 26.2 Å². The molecule has 0 aliphatic rings. The lowest BCUT2D eigenvalue weighted by molar-refractivity contribution is 0.199. The monoisotopic (exact) mass is 201 g/mol. The minimum Gasteiger partial charge on any atom is -0.338 e. The summed E-state index contributed by atoms with van der Waals surface area (Å²) in [5.74, 6) is 0. The number of carbonyl (C=O) groups is 1. The molecule has 0 aromatic rings. The standard InChI is InChI=1S/C10H23N3O/c1-3-5-7-12-10(14)13(8-4-2)9-6-11/h3-9,11H2,1-2H3,(H,12,14). The molecule has 0 unspecified atom stereocenters. The zero-order valence-corrected chi connectivity index (χ0v) is 9.38. The summed E-state index contributed by atoms with van der Waals surface area (Å²) in [5, 5.41) is 2.88. The Hall–Kier alpha value is -0.770. The first-order chi connectivity index (χ1) is 6.76. The molecule has 0 aliphatic heterocycles. The first-order valence-electron chi connectivity index (χ1n) is 5.49. The Morgan fingerprint density at radius 2 is 2.00 bits per heavy atom. The van der Waals surface area contributed by atoms with Crippen molar-refractivity contribution in [3.63, 3.8) is 0 Å². The molecule has 0 fully saturated rings. The van der Waals surface area contributed by atoms with Crippen LogP contribution < -0.4 is 11.1 Å². The van der Waals surface area contributed by atoms with Crippen LogP contribution in [0.5, 0.6) is 0 Å². The van der Waals surface area contributed by atoms with Gasteiger partial charge in [-0.25, -0.2) is 4.79 Å². The van der Waals surface area contributed by atoms with Gasteiger partial charge in [-0.3, -0.25) is 0 Å². The number of nitrogens with one attached hydrogen (secondary N) is 1. The Bertz CT molecular complexity index is 144. The molecule has 0 aliphatic carbocycles. The van der Waals surface area contributed by atoms with Crippen LogP contribution >= 0.6 is 0 Å². The van der Waals surface area contributed by atoms with Crippen molar-refractivity contribution in [3.8, 4) is 0 Å². The van der Waals surface area contributed by atoms with Crippen LogP contribution in [-0.2, 0) is 0 Å². The SMILES string of the molecule is CCCCNC(=O)N(CCC)CCN. The summed E-state index contributed by atoms with van der Waals surface area (Å²) in [5.41, 5.74) is 5.43. The Labute approximate surface area is 86.8 Å². The van der Waals surface area contributed by atoms with Crippen molar-refractivity contribution in [2.75, 3.05) is 26.2 Å². The summed E-state index contributed by atoms with van der Waals surface area (Å²) in [6.07, 6.45) is 3.11. The van der Waals surface area contributed by atoms with E-state index in [1.807, 2.05) is 0 Å². The maximum atomic E-state index is 11.6. The largest absolute Gasteiger partial charge is 0.338 e. The van der Waals surface area contributed by atoms with Crippen molar-refractivity contribution < 1.29 is 4.79 Å². The number of nitrogens with two attached hydrogens (primary N) is 1. The number of amides is 2. The second kappa shape index (κ2) is 8.81. The predicted molar refractivity (Wildman–Crippen MR) is 59.2 cm³/mol. The van der Waals surface area contributed by atoms with Crippen molar-refractivity contribution >= 4 is 6.03 Å². The van der Waals surface area contributed by atoms with Crippen molar-refractivity contribution in [2.45, 2.75) is 33.1 Å². The second-order valence-electron chi connectivity index (χ2n) is 3.36. The predicted octanol–water partition coefficient (Wildman–Crippen LogP) is 1.17. The molecule has 0 atom stereocenters. The summed E-state index contributed by atoms with van der Waals surface area (Å²) in [6, 6.07) is 0.0192. The summed E-state index contributed by atoms with van der Waals surface area (Å²) < 4.78 is 0. The van der Waals surface area contributed by atoms with Gasteiger partial charge in [-0.2, -0.15) is 0 Å². The van der Waals surface area contributed by atoms with Gasteiger partial charge < -0.3 is 16.0 Å². The van der Waals surface area contributed by atoms with Crippen molar-refractivity contribution in [2.24, 2.45) is 5.73 Å². The molecule has 3 N–H and O–H groups in total. The molecule has 0 saturated carbocycles. The van der Waals surface area contributed by atoms with E-state index >= 15 is 0 Å². The lowest BCUT2D eigenvalue weighted by Crippen LogP contribution is -2.43. The topological polar surface area (TPSA) is 58.4 Å². The van der Waals surface area contributed by atoms with E-state index in [0.29, 0.717) is 13.1 Å². The number of carbonyl (C=O) groups excluding carboxylic acids is 1. The third-order valence-electron chi connectivity index (χ3n) is 1.99. The maximum Gasteiger partial charge on any atom is 0.317 e. The van der Waals surface area contributed by atoms with Crippen molar-refractivity contribution in [1.82, 2.24) is 10.2 Å². The molecule has 84 valence electrons. The second-order valence-corrected chi connectivity index (χ2v) is 3.36. The Kier molecular flexibility index (Phi) is 8.33. The molecule has 0 saturated heterocycles. The molecule has 0 spiro atoms. The number of nitrogens with zero attached hydrogens (tertiary/aromatic N) is 1. The van der Waals surface area contributed by atoms with E-state index in [4.69, 9.17) is 5.73 Å². The van der Waals surface area contributed by atoms with Gasteiger partial charge in [-0.1, -0.05) is 20.3 Å². The lowest BCUT2D eigenvalue weighted by Gasteiger charge is -2.21. The fourth-order valence-corrected chi connectivity index (χ4v) is 1.22. The summed E-state index contributed by atoms with van der Waals surface area (Å²) >= 11 is 0. The molecule has 4 nitrogen and oxygen atoms in total. The number of hydrogen-bond donors (Lipinski definition) is 2. The van der Waals surface area contributed by atoms with Gasteiger partial charge >= 0.3 is 6.03 Å². The van der Waals surface area contributed by atoms with E-state index in [1.165, 1.54) is 0 Å². The first-order valence-corrected chi connectivity index (χ1v) is 5.49. The molecular weight excluding hydrogens is 178 g/mol. The van der Waals surface area contributed by atoms with Crippen LogP contribution in [0.2, 0.25) is 0 Å². The molecule has 0 radical (unpaired) electrons. The maximum absolute atomic E-state index is 11.6. The molecule has 14 heavy (non-hydrogen) atoms. The molecule has 2 amide bonds. The molecular formula is C10H23N3O. The van der Waals surface area contributed by atoms with Gasteiger partial charge in [0.2, 0.25) is 0 Å². The van der Waals surface area contributed by atoms with Crippen LogP contribution in [0.25, 0.3) is 0 Å². The zero-order valence-electron chi connectivity index (χ0n) is 9.38. The van der Waals surface area contributed by atoms with Crippen LogP contribution in [0.15, 0.2) is 0 Å². The van der Waals surface area contributed by atoms with Crippen molar-refractivity contribution in [1.29, 1.82) is 0 Å². The van der Waals surface area contributed by atoms with Crippen LogP contribution in [0.3, 0.4) is 0 Å². The van der Waals surface area contributed by atoms with E-state index in [9.17, 15) is 4.79 Å².